The molecule has 146 valence electrons. The number of quaternary nitrogens is 2. The first-order chi connectivity index (χ1) is 12.2. The number of carbonyl (C=O) groups excluding carboxylic acids is 1. The van der Waals surface area contributed by atoms with Gasteiger partial charge in [0.25, 0.3) is 0 Å². The van der Waals surface area contributed by atoms with E-state index in [1.54, 1.807) is 9.80 Å². The van der Waals surface area contributed by atoms with Gasteiger partial charge in [-0.05, 0) is 32.9 Å². The summed E-state index contributed by atoms with van der Waals surface area (Å²) in [5, 5.41) is 6.09. The lowest BCUT2D eigenvalue weighted by atomic mass is 10.0. The highest BCUT2D eigenvalue weighted by Crippen LogP contribution is 2.16. The summed E-state index contributed by atoms with van der Waals surface area (Å²) in [6, 6.07) is 8.94. The molecule has 26 heavy (non-hydrogen) atoms. The number of piperazine rings is 1. The van der Waals surface area contributed by atoms with Crippen LogP contribution in [0.1, 0.15) is 32.4 Å². The van der Waals surface area contributed by atoms with Gasteiger partial charge in [0.05, 0.1) is 13.6 Å². The Hall–Kier alpha value is -1.79. The molecule has 4 N–H and O–H groups in total. The lowest BCUT2D eigenvalue weighted by Gasteiger charge is -2.34. The van der Waals surface area contributed by atoms with E-state index >= 15 is 0 Å². The summed E-state index contributed by atoms with van der Waals surface area (Å²) in [6.07, 6.45) is 0. The van der Waals surface area contributed by atoms with Crippen molar-refractivity contribution in [3.05, 3.63) is 29.8 Å². The summed E-state index contributed by atoms with van der Waals surface area (Å²) in [7, 11) is 6.37. The molecule has 2 rings (SSSR count). The van der Waals surface area contributed by atoms with Gasteiger partial charge in [0.2, 0.25) is 0 Å². The summed E-state index contributed by atoms with van der Waals surface area (Å²) in [5.41, 5.74) is 2.27. The normalized spacial score (nSPS) is 21.8. The molecule has 1 atom stereocenters. The second-order valence-electron chi connectivity index (χ2n) is 8.74. The summed E-state index contributed by atoms with van der Waals surface area (Å²) < 4.78 is 0. The van der Waals surface area contributed by atoms with Gasteiger partial charge in [0.15, 0.2) is 0 Å². The summed E-state index contributed by atoms with van der Waals surface area (Å²) in [6.45, 7) is 11.3. The highest BCUT2D eigenvalue weighted by molar-refractivity contribution is 5.74. The molecule has 2 amide bonds. The Morgan fingerprint density at radius 3 is 2.19 bits per heavy atom. The van der Waals surface area contributed by atoms with Crippen molar-refractivity contribution in [3.63, 3.8) is 0 Å². The van der Waals surface area contributed by atoms with E-state index in [4.69, 9.17) is 0 Å². The van der Waals surface area contributed by atoms with E-state index in [9.17, 15) is 4.79 Å². The molecule has 1 fully saturated rings. The minimum Gasteiger partial charge on any atom is -0.378 e. The molecule has 0 radical (unpaired) electrons. The minimum absolute atomic E-state index is 0.0911. The van der Waals surface area contributed by atoms with E-state index in [0.717, 1.165) is 13.1 Å². The number of urea groups is 1. The number of amides is 2. The first-order valence-corrected chi connectivity index (χ1v) is 9.65. The third kappa shape index (κ3) is 6.18. The van der Waals surface area contributed by atoms with E-state index in [-0.39, 0.29) is 17.6 Å². The largest absolute Gasteiger partial charge is 0.378 e. The van der Waals surface area contributed by atoms with Crippen molar-refractivity contribution < 1.29 is 14.6 Å². The monoisotopic (exact) mass is 363 g/mol. The van der Waals surface area contributed by atoms with Gasteiger partial charge in [-0.2, -0.15) is 0 Å². The van der Waals surface area contributed by atoms with Crippen LogP contribution in [0.3, 0.4) is 0 Å². The Kier molecular flexibility index (Phi) is 6.89. The van der Waals surface area contributed by atoms with Crippen LogP contribution < -0.4 is 25.3 Å². The predicted octanol–water partition coefficient (Wildman–Crippen LogP) is -0.695. The van der Waals surface area contributed by atoms with Crippen molar-refractivity contribution >= 4 is 11.7 Å². The number of rotatable bonds is 5. The zero-order valence-electron chi connectivity index (χ0n) is 17.3. The number of nitrogens with one attached hydrogen (secondary N) is 4. The Balaban J connectivity index is 2.10. The molecule has 0 saturated carbocycles. The smallest absolute Gasteiger partial charge is 0.315 e. The van der Waals surface area contributed by atoms with Gasteiger partial charge in [0, 0.05) is 30.9 Å². The molecule has 1 aromatic carbocycles. The van der Waals surface area contributed by atoms with Crippen LogP contribution in [0.25, 0.3) is 0 Å². The van der Waals surface area contributed by atoms with Crippen LogP contribution in [0.5, 0.6) is 0 Å². The molecule has 0 unspecified atom stereocenters. The molecule has 1 aromatic rings. The average Bonchev–Trinajstić information content (AvgIpc) is 2.55. The van der Waals surface area contributed by atoms with Crippen LogP contribution in [0.2, 0.25) is 0 Å². The van der Waals surface area contributed by atoms with Gasteiger partial charge in [-0.1, -0.05) is 12.1 Å². The first-order valence-electron chi connectivity index (χ1n) is 9.65. The molecule has 0 aromatic heterocycles. The fourth-order valence-corrected chi connectivity index (χ4v) is 3.43. The van der Waals surface area contributed by atoms with Crippen LogP contribution in [0.4, 0.5) is 10.5 Å². The zero-order chi connectivity index (χ0) is 19.3. The SMILES string of the molecule is CN(C)c1ccc([C@H](CNC(=O)NC(C)(C)C)[NH+]2CC[NH+](C)CC2)cc1. The molecule has 1 saturated heterocycles. The molecular formula is C20H37N5O+2. The minimum atomic E-state index is -0.225. The van der Waals surface area contributed by atoms with Crippen molar-refractivity contribution in [1.29, 1.82) is 0 Å². The van der Waals surface area contributed by atoms with Gasteiger partial charge in [-0.3, -0.25) is 0 Å². The lowest BCUT2D eigenvalue weighted by molar-refractivity contribution is -1.02. The summed E-state index contributed by atoms with van der Waals surface area (Å²) >= 11 is 0. The van der Waals surface area contributed by atoms with Gasteiger partial charge >= 0.3 is 6.03 Å². The Morgan fingerprint density at radius 1 is 1.12 bits per heavy atom. The molecule has 1 heterocycles. The van der Waals surface area contributed by atoms with Gasteiger partial charge < -0.3 is 25.3 Å². The topological polar surface area (TPSA) is 53.2 Å². The third-order valence-corrected chi connectivity index (χ3v) is 5.01. The maximum absolute atomic E-state index is 12.2. The van der Waals surface area contributed by atoms with E-state index in [1.807, 2.05) is 20.8 Å². The highest BCUT2D eigenvalue weighted by atomic mass is 16.2. The zero-order valence-corrected chi connectivity index (χ0v) is 17.3. The first kappa shape index (κ1) is 20.5. The molecule has 1 aliphatic rings. The van der Waals surface area contributed by atoms with Crippen molar-refractivity contribution in [1.82, 2.24) is 10.6 Å². The number of benzene rings is 1. The molecule has 6 heteroatoms. The van der Waals surface area contributed by atoms with E-state index < -0.39 is 0 Å². The maximum atomic E-state index is 12.2. The summed E-state index contributed by atoms with van der Waals surface area (Å²) in [4.78, 5) is 17.5. The maximum Gasteiger partial charge on any atom is 0.315 e. The average molecular weight is 364 g/mol. The number of hydrogen-bond donors (Lipinski definition) is 4. The number of anilines is 1. The van der Waals surface area contributed by atoms with Crippen LogP contribution in [0.15, 0.2) is 24.3 Å². The van der Waals surface area contributed by atoms with Crippen LogP contribution in [-0.4, -0.2) is 65.4 Å². The van der Waals surface area contributed by atoms with Crippen LogP contribution in [0, 0.1) is 0 Å². The van der Waals surface area contributed by atoms with Gasteiger partial charge in [-0.25, -0.2) is 4.79 Å². The molecule has 0 bridgehead atoms. The van der Waals surface area contributed by atoms with Gasteiger partial charge in [-0.15, -0.1) is 0 Å². The highest BCUT2D eigenvalue weighted by Gasteiger charge is 2.30. The number of nitrogens with zero attached hydrogens (tertiary/aromatic N) is 1. The van der Waals surface area contributed by atoms with Crippen LogP contribution >= 0.6 is 0 Å². The fourth-order valence-electron chi connectivity index (χ4n) is 3.43. The lowest BCUT2D eigenvalue weighted by Crippen LogP contribution is -3.27. The third-order valence-electron chi connectivity index (χ3n) is 5.01. The summed E-state index contributed by atoms with van der Waals surface area (Å²) in [5.74, 6) is 0. The molecule has 1 aliphatic heterocycles. The standard InChI is InChI=1S/C20H35N5O/c1-20(2,3)22-19(26)21-15-18(25-13-11-24(6)12-14-25)16-7-9-17(10-8-16)23(4)5/h7-10,18H,11-15H2,1-6H3,(H2,21,22,26)/p+2/t18-/m0/s1. The molecule has 6 nitrogen and oxygen atoms in total. The molecular weight excluding hydrogens is 326 g/mol. The number of carbonyl (C=O) groups is 1. The van der Waals surface area contributed by atoms with Gasteiger partial charge in [0.1, 0.15) is 32.2 Å². The van der Waals surface area contributed by atoms with Crippen LogP contribution in [-0.2, 0) is 0 Å². The van der Waals surface area contributed by atoms with Crippen molar-refractivity contribution in [2.24, 2.45) is 0 Å². The quantitative estimate of drug-likeness (QED) is 0.560. The molecule has 0 spiro atoms. The second-order valence-corrected chi connectivity index (χ2v) is 8.74. The predicted molar refractivity (Wildman–Crippen MR) is 107 cm³/mol. The van der Waals surface area contributed by atoms with Crippen molar-refractivity contribution in [2.75, 3.05) is 58.8 Å². The fraction of sp³-hybridized carbons (Fsp3) is 0.650. The number of likely N-dealkylation sites (N-methyl/N-ethyl adjacent to an activating group) is 1. The van der Waals surface area contributed by atoms with E-state index in [0.29, 0.717) is 6.54 Å². The van der Waals surface area contributed by atoms with Crippen molar-refractivity contribution in [2.45, 2.75) is 32.4 Å². The second kappa shape index (κ2) is 8.73. The Labute approximate surface area is 158 Å². The Bertz CT molecular complexity index is 571. The van der Waals surface area contributed by atoms with E-state index in [1.165, 1.54) is 24.3 Å². The number of hydrogen-bond acceptors (Lipinski definition) is 2. The Morgan fingerprint density at radius 2 is 1.69 bits per heavy atom. The van der Waals surface area contributed by atoms with Crippen molar-refractivity contribution in [3.8, 4) is 0 Å². The van der Waals surface area contributed by atoms with E-state index in [2.05, 4.69) is 60.9 Å². The molecule has 0 aliphatic carbocycles.